The quantitative estimate of drug-likeness (QED) is 0.562. The van der Waals surface area contributed by atoms with Gasteiger partial charge in [-0.3, -0.25) is 4.68 Å². The summed E-state index contributed by atoms with van der Waals surface area (Å²) in [6.07, 6.45) is 5.88. The smallest absolute Gasteiger partial charge is 0.257 e. The van der Waals surface area contributed by atoms with Crippen LogP contribution in [0.5, 0.6) is 5.88 Å². The van der Waals surface area contributed by atoms with Gasteiger partial charge in [-0.15, -0.1) is 0 Å². The van der Waals surface area contributed by atoms with Crippen molar-refractivity contribution in [2.24, 2.45) is 5.14 Å². The van der Waals surface area contributed by atoms with Gasteiger partial charge in [-0.2, -0.15) is 5.10 Å². The lowest BCUT2D eigenvalue weighted by molar-refractivity contribution is 0.159. The number of fused-ring (bicyclic) bond motifs is 1. The number of sulfonamides is 1. The van der Waals surface area contributed by atoms with Gasteiger partial charge in [0.1, 0.15) is 6.61 Å². The van der Waals surface area contributed by atoms with Gasteiger partial charge in [0.15, 0.2) is 10.8 Å². The minimum absolute atomic E-state index is 0.00815. The molecule has 1 aliphatic carbocycles. The van der Waals surface area contributed by atoms with Gasteiger partial charge in [0.2, 0.25) is 0 Å². The summed E-state index contributed by atoms with van der Waals surface area (Å²) < 4.78 is 45.3. The topological polar surface area (TPSA) is 126 Å². The molecular weight excluding hydrogens is 421 g/mol. The zero-order valence-corrected chi connectivity index (χ0v) is 18.1. The van der Waals surface area contributed by atoms with Crippen molar-refractivity contribution >= 4 is 15.7 Å². The Labute approximate surface area is 180 Å². The Morgan fingerprint density at radius 2 is 1.97 bits per heavy atom. The van der Waals surface area contributed by atoms with Crippen LogP contribution in [0.25, 0.3) is 11.1 Å². The first-order chi connectivity index (χ1) is 14.6. The van der Waals surface area contributed by atoms with Crippen molar-refractivity contribution in [3.05, 3.63) is 53.6 Å². The van der Waals surface area contributed by atoms with Crippen LogP contribution in [0.4, 0.5) is 10.1 Å². The number of rotatable bonds is 6. The zero-order valence-electron chi connectivity index (χ0n) is 17.3. The lowest BCUT2D eigenvalue weighted by Crippen LogP contribution is -2.34. The van der Waals surface area contributed by atoms with Crippen molar-refractivity contribution in [2.45, 2.75) is 43.7 Å². The highest BCUT2D eigenvalue weighted by Crippen LogP contribution is 2.37. The maximum absolute atomic E-state index is 15.3. The standard InChI is InChI=1S/C21H24FN5O3S/c1-21(2,27-11-9-17(26-27)31(24,28)29)12-30-20-18(22)15(8-10-25-20)16-7-6-13-4-3-5-14(13)19(16)23/h6-11H,3-5,12,23H2,1-2H3,(H2,24,28,29). The van der Waals surface area contributed by atoms with E-state index in [0.29, 0.717) is 16.8 Å². The lowest BCUT2D eigenvalue weighted by Gasteiger charge is -2.25. The van der Waals surface area contributed by atoms with E-state index < -0.39 is 21.4 Å². The van der Waals surface area contributed by atoms with Crippen LogP contribution in [0, 0.1) is 5.82 Å². The van der Waals surface area contributed by atoms with Gasteiger partial charge in [-0.25, -0.2) is 22.9 Å². The van der Waals surface area contributed by atoms with E-state index in [1.807, 2.05) is 12.1 Å². The highest BCUT2D eigenvalue weighted by molar-refractivity contribution is 7.89. The lowest BCUT2D eigenvalue weighted by atomic mass is 9.98. The predicted octanol–water partition coefficient (Wildman–Crippen LogP) is 2.62. The van der Waals surface area contributed by atoms with E-state index in [1.165, 1.54) is 28.7 Å². The van der Waals surface area contributed by atoms with Crippen LogP contribution >= 0.6 is 0 Å². The number of aromatic nitrogens is 3. The van der Waals surface area contributed by atoms with Gasteiger partial charge in [-0.1, -0.05) is 12.1 Å². The van der Waals surface area contributed by atoms with Crippen molar-refractivity contribution in [3.63, 3.8) is 0 Å². The molecule has 0 saturated carbocycles. The Bertz CT molecular complexity index is 1250. The Morgan fingerprint density at radius 1 is 1.19 bits per heavy atom. The second-order valence-corrected chi connectivity index (χ2v) is 9.75. The Hall–Kier alpha value is -2.98. The summed E-state index contributed by atoms with van der Waals surface area (Å²) in [5, 5.41) is 8.85. The molecule has 0 saturated heterocycles. The maximum Gasteiger partial charge on any atom is 0.257 e. The first-order valence-corrected chi connectivity index (χ1v) is 11.4. The van der Waals surface area contributed by atoms with Crippen LogP contribution in [0.2, 0.25) is 0 Å². The predicted molar refractivity (Wildman–Crippen MR) is 114 cm³/mol. The molecule has 2 heterocycles. The fourth-order valence-corrected chi connectivity index (χ4v) is 4.22. The Kier molecular flexibility index (Phi) is 5.22. The molecule has 10 heteroatoms. The molecular formula is C21H24FN5O3S. The number of ether oxygens (including phenoxy) is 1. The first-order valence-electron chi connectivity index (χ1n) is 9.85. The number of pyridine rings is 1. The average Bonchev–Trinajstić information content (AvgIpc) is 3.38. The number of aryl methyl sites for hydroxylation is 1. The van der Waals surface area contributed by atoms with Gasteiger partial charge >= 0.3 is 0 Å². The molecule has 0 fully saturated rings. The third kappa shape index (κ3) is 4.00. The second kappa shape index (κ2) is 7.61. The van der Waals surface area contributed by atoms with Gasteiger partial charge in [0.25, 0.3) is 15.9 Å². The first kappa shape index (κ1) is 21.3. The highest BCUT2D eigenvalue weighted by Gasteiger charge is 2.26. The monoisotopic (exact) mass is 445 g/mol. The van der Waals surface area contributed by atoms with E-state index in [-0.39, 0.29) is 17.5 Å². The van der Waals surface area contributed by atoms with Crippen LogP contribution in [0.15, 0.2) is 41.7 Å². The molecule has 0 spiro atoms. The molecule has 31 heavy (non-hydrogen) atoms. The van der Waals surface area contributed by atoms with E-state index in [2.05, 4.69) is 10.1 Å². The van der Waals surface area contributed by atoms with Crippen LogP contribution < -0.4 is 15.6 Å². The van der Waals surface area contributed by atoms with Crippen LogP contribution in [0.1, 0.15) is 31.4 Å². The summed E-state index contributed by atoms with van der Waals surface area (Å²) >= 11 is 0. The number of nitrogens with two attached hydrogens (primary N) is 2. The number of nitrogens with zero attached hydrogens (tertiary/aromatic N) is 3. The van der Waals surface area contributed by atoms with E-state index in [4.69, 9.17) is 15.6 Å². The molecule has 8 nitrogen and oxygen atoms in total. The number of nitrogen functional groups attached to an aromatic ring is 1. The minimum Gasteiger partial charge on any atom is -0.473 e. The van der Waals surface area contributed by atoms with Crippen molar-refractivity contribution in [1.82, 2.24) is 14.8 Å². The molecule has 164 valence electrons. The minimum atomic E-state index is -3.92. The van der Waals surface area contributed by atoms with Crippen molar-refractivity contribution in [3.8, 4) is 17.0 Å². The molecule has 0 bridgehead atoms. The number of hydrogen-bond donors (Lipinski definition) is 2. The number of benzene rings is 1. The normalized spacial score (nSPS) is 13.9. The fourth-order valence-electron chi connectivity index (χ4n) is 3.77. The van der Waals surface area contributed by atoms with E-state index in [0.717, 1.165) is 24.8 Å². The highest BCUT2D eigenvalue weighted by atomic mass is 32.2. The molecule has 0 amide bonds. The molecule has 0 radical (unpaired) electrons. The van der Waals surface area contributed by atoms with Gasteiger partial charge in [0, 0.05) is 29.2 Å². The summed E-state index contributed by atoms with van der Waals surface area (Å²) in [5.74, 6) is -0.766. The van der Waals surface area contributed by atoms with Crippen LogP contribution in [-0.4, -0.2) is 29.8 Å². The molecule has 1 aliphatic rings. The maximum atomic E-state index is 15.3. The van der Waals surface area contributed by atoms with E-state index in [1.54, 1.807) is 19.9 Å². The van der Waals surface area contributed by atoms with Crippen molar-refractivity contribution in [1.29, 1.82) is 0 Å². The summed E-state index contributed by atoms with van der Waals surface area (Å²) in [6, 6.07) is 6.71. The average molecular weight is 446 g/mol. The third-order valence-electron chi connectivity index (χ3n) is 5.51. The van der Waals surface area contributed by atoms with Crippen LogP contribution in [0.3, 0.4) is 0 Å². The third-order valence-corrected chi connectivity index (χ3v) is 6.31. The molecule has 1 aromatic carbocycles. The van der Waals surface area contributed by atoms with Crippen molar-refractivity contribution < 1.29 is 17.5 Å². The number of primary sulfonamides is 1. The summed E-state index contributed by atoms with van der Waals surface area (Å²) in [7, 11) is -3.92. The SMILES string of the molecule is CC(C)(COc1nccc(-c2ccc3c(c2N)CCC3)c1F)n1ccc(S(N)(=O)=O)n1. The molecule has 4 rings (SSSR count). The fraction of sp³-hybridized carbons (Fsp3) is 0.333. The van der Waals surface area contributed by atoms with Gasteiger partial charge in [0.05, 0.1) is 5.54 Å². The largest absolute Gasteiger partial charge is 0.473 e. The number of anilines is 1. The van der Waals surface area contributed by atoms with E-state index >= 15 is 4.39 Å². The molecule has 3 aromatic rings. The summed E-state index contributed by atoms with van der Waals surface area (Å²) in [5.41, 5.74) is 9.39. The molecule has 0 aliphatic heterocycles. The Morgan fingerprint density at radius 3 is 2.68 bits per heavy atom. The van der Waals surface area contributed by atoms with Gasteiger partial charge < -0.3 is 10.5 Å². The van der Waals surface area contributed by atoms with Crippen LogP contribution in [-0.2, 0) is 28.4 Å². The molecule has 0 atom stereocenters. The molecule has 0 unspecified atom stereocenters. The van der Waals surface area contributed by atoms with Crippen molar-refractivity contribution in [2.75, 3.05) is 12.3 Å². The zero-order chi connectivity index (χ0) is 22.4. The summed E-state index contributed by atoms with van der Waals surface area (Å²) in [4.78, 5) is 4.02. The van der Waals surface area contributed by atoms with Gasteiger partial charge in [-0.05, 0) is 56.4 Å². The number of halogens is 1. The second-order valence-electron chi connectivity index (χ2n) is 8.24. The van der Waals surface area contributed by atoms with E-state index in [9.17, 15) is 8.42 Å². The Balaban J connectivity index is 1.59. The summed E-state index contributed by atoms with van der Waals surface area (Å²) in [6.45, 7) is 3.53. The number of hydrogen-bond acceptors (Lipinski definition) is 6. The molecule has 4 N–H and O–H groups in total. The molecule has 2 aromatic heterocycles.